The van der Waals surface area contributed by atoms with Crippen molar-refractivity contribution in [1.29, 1.82) is 0 Å². The summed E-state index contributed by atoms with van der Waals surface area (Å²) in [5.41, 5.74) is 1.47. The summed E-state index contributed by atoms with van der Waals surface area (Å²) in [4.78, 5) is 29.0. The van der Waals surface area contributed by atoms with Gasteiger partial charge in [0.25, 0.3) is 0 Å². The second kappa shape index (κ2) is 8.46. The van der Waals surface area contributed by atoms with Crippen LogP contribution in [0, 0.1) is 0 Å². The van der Waals surface area contributed by atoms with Crippen molar-refractivity contribution in [3.8, 4) is 0 Å². The summed E-state index contributed by atoms with van der Waals surface area (Å²) < 4.78 is 5.71. The van der Waals surface area contributed by atoms with Crippen LogP contribution in [0.2, 0.25) is 0 Å². The van der Waals surface area contributed by atoms with Gasteiger partial charge in [-0.2, -0.15) is 0 Å². The molecule has 28 heavy (non-hydrogen) atoms. The van der Waals surface area contributed by atoms with Gasteiger partial charge in [0.05, 0.1) is 12.0 Å². The van der Waals surface area contributed by atoms with Gasteiger partial charge in [0.15, 0.2) is 0 Å². The SMILES string of the molecule is CCc1csc(C(=O)OC2CN(CBr)C(=O)N2c2nnc(C3CCCC3)s2)c1. The number of thiophene rings is 1. The van der Waals surface area contributed by atoms with Gasteiger partial charge in [-0.1, -0.05) is 47.0 Å². The molecule has 0 radical (unpaired) electrons. The van der Waals surface area contributed by atoms with Gasteiger partial charge in [0.2, 0.25) is 11.4 Å². The van der Waals surface area contributed by atoms with Gasteiger partial charge < -0.3 is 9.64 Å². The van der Waals surface area contributed by atoms with Gasteiger partial charge in [-0.15, -0.1) is 21.5 Å². The van der Waals surface area contributed by atoms with E-state index in [2.05, 4.69) is 26.1 Å². The van der Waals surface area contributed by atoms with Crippen molar-refractivity contribution in [2.45, 2.75) is 51.2 Å². The Balaban J connectivity index is 1.54. The molecule has 2 aliphatic rings. The summed E-state index contributed by atoms with van der Waals surface area (Å²) in [6.07, 6.45) is 4.80. The van der Waals surface area contributed by atoms with E-state index < -0.39 is 12.2 Å². The van der Waals surface area contributed by atoms with Crippen molar-refractivity contribution in [2.75, 3.05) is 16.9 Å². The third kappa shape index (κ3) is 3.81. The number of rotatable bonds is 6. The number of amides is 2. The zero-order chi connectivity index (χ0) is 19.7. The van der Waals surface area contributed by atoms with E-state index in [-0.39, 0.29) is 6.03 Å². The average molecular weight is 485 g/mol. The van der Waals surface area contributed by atoms with Crippen molar-refractivity contribution < 1.29 is 14.3 Å². The van der Waals surface area contributed by atoms with E-state index in [1.165, 1.54) is 40.4 Å². The lowest BCUT2D eigenvalue weighted by Gasteiger charge is -2.19. The topological polar surface area (TPSA) is 75.6 Å². The highest BCUT2D eigenvalue weighted by Crippen LogP contribution is 2.38. The van der Waals surface area contributed by atoms with Crippen LogP contribution >= 0.6 is 38.6 Å². The minimum atomic E-state index is -0.714. The molecular formula is C18H21BrN4O3S2. The van der Waals surface area contributed by atoms with Crippen LogP contribution in [0.25, 0.3) is 0 Å². The number of halogens is 1. The van der Waals surface area contributed by atoms with Crippen LogP contribution in [0.3, 0.4) is 0 Å². The number of nitrogens with zero attached hydrogens (tertiary/aromatic N) is 4. The van der Waals surface area contributed by atoms with Gasteiger partial charge in [0, 0.05) is 5.92 Å². The second-order valence-corrected chi connectivity index (χ2v) is 9.33. The molecule has 7 nitrogen and oxygen atoms in total. The summed E-state index contributed by atoms with van der Waals surface area (Å²) in [6, 6.07) is 1.61. The highest BCUT2D eigenvalue weighted by atomic mass is 79.9. The molecule has 10 heteroatoms. The van der Waals surface area contributed by atoms with Gasteiger partial charge >= 0.3 is 12.0 Å². The molecule has 1 atom stereocenters. The molecule has 150 valence electrons. The van der Waals surface area contributed by atoms with Crippen LogP contribution < -0.4 is 4.90 Å². The van der Waals surface area contributed by atoms with Crippen molar-refractivity contribution in [1.82, 2.24) is 15.1 Å². The van der Waals surface area contributed by atoms with E-state index in [1.54, 1.807) is 4.90 Å². The average Bonchev–Trinajstić information content (AvgIpc) is 3.47. The third-order valence-corrected chi connectivity index (χ3v) is 7.78. The molecule has 0 bridgehead atoms. The number of carbonyl (C=O) groups excluding carboxylic acids is 2. The van der Waals surface area contributed by atoms with Crippen LogP contribution in [0.4, 0.5) is 9.93 Å². The summed E-state index contributed by atoms with van der Waals surface area (Å²) in [6.45, 7) is 2.33. The van der Waals surface area contributed by atoms with Crippen LogP contribution in [0.5, 0.6) is 0 Å². The number of urea groups is 1. The molecule has 2 fully saturated rings. The van der Waals surface area contributed by atoms with Gasteiger partial charge in [0.1, 0.15) is 9.88 Å². The number of esters is 1. The minimum Gasteiger partial charge on any atom is -0.435 e. The lowest BCUT2D eigenvalue weighted by molar-refractivity contribution is 0.0336. The smallest absolute Gasteiger partial charge is 0.350 e. The minimum absolute atomic E-state index is 0.232. The number of alkyl halides is 1. The molecule has 0 spiro atoms. The molecule has 0 N–H and O–H groups in total. The molecule has 1 aliphatic carbocycles. The molecule has 2 aromatic heterocycles. The maximum Gasteiger partial charge on any atom is 0.350 e. The predicted molar refractivity (Wildman–Crippen MR) is 112 cm³/mol. The van der Waals surface area contributed by atoms with Crippen LogP contribution in [-0.2, 0) is 11.2 Å². The van der Waals surface area contributed by atoms with Crippen LogP contribution in [0.1, 0.15) is 58.8 Å². The molecule has 1 unspecified atom stereocenters. The number of aromatic nitrogens is 2. The number of hydrogen-bond donors (Lipinski definition) is 0. The summed E-state index contributed by atoms with van der Waals surface area (Å²) >= 11 is 6.13. The van der Waals surface area contributed by atoms with Crippen molar-refractivity contribution in [2.24, 2.45) is 0 Å². The molecule has 0 aromatic carbocycles. The second-order valence-electron chi connectivity index (χ2n) is 6.93. The number of carbonyl (C=O) groups is 2. The number of hydrogen-bond acceptors (Lipinski definition) is 7. The Labute approximate surface area is 179 Å². The molecule has 1 saturated carbocycles. The fourth-order valence-electron chi connectivity index (χ4n) is 3.53. The molecular weight excluding hydrogens is 464 g/mol. The molecule has 2 amide bonds. The van der Waals surface area contributed by atoms with Gasteiger partial charge in [-0.05, 0) is 36.3 Å². The first-order chi connectivity index (χ1) is 13.6. The van der Waals surface area contributed by atoms with E-state index in [0.717, 1.165) is 29.8 Å². The number of aryl methyl sites for hydroxylation is 1. The summed E-state index contributed by atoms with van der Waals surface area (Å²) in [7, 11) is 0. The van der Waals surface area contributed by atoms with Gasteiger partial charge in [-0.3, -0.25) is 0 Å². The Hall–Kier alpha value is -1.52. The maximum absolute atomic E-state index is 12.8. The first kappa shape index (κ1) is 19.8. The normalized spacial score (nSPS) is 20.4. The van der Waals surface area contributed by atoms with E-state index >= 15 is 0 Å². The zero-order valence-corrected chi connectivity index (χ0v) is 18.7. The fourth-order valence-corrected chi connectivity index (χ4v) is 5.87. The Morgan fingerprint density at radius 1 is 1.36 bits per heavy atom. The zero-order valence-electron chi connectivity index (χ0n) is 15.5. The van der Waals surface area contributed by atoms with E-state index in [0.29, 0.717) is 27.9 Å². The summed E-state index contributed by atoms with van der Waals surface area (Å²) in [5, 5.41) is 12.0. The highest BCUT2D eigenvalue weighted by Gasteiger charge is 2.42. The molecule has 1 aliphatic heterocycles. The first-order valence-electron chi connectivity index (χ1n) is 9.36. The molecule has 4 rings (SSSR count). The maximum atomic E-state index is 12.8. The molecule has 2 aromatic rings. The predicted octanol–water partition coefficient (Wildman–Crippen LogP) is 4.60. The quantitative estimate of drug-likeness (QED) is 0.340. The van der Waals surface area contributed by atoms with Gasteiger partial charge in [-0.25, -0.2) is 14.5 Å². The van der Waals surface area contributed by atoms with E-state index in [4.69, 9.17) is 4.74 Å². The van der Waals surface area contributed by atoms with Crippen LogP contribution in [-0.4, -0.2) is 45.3 Å². The Kier molecular flexibility index (Phi) is 5.98. The van der Waals surface area contributed by atoms with E-state index in [9.17, 15) is 9.59 Å². The third-order valence-electron chi connectivity index (χ3n) is 5.13. The Morgan fingerprint density at radius 2 is 2.14 bits per heavy atom. The lowest BCUT2D eigenvalue weighted by Crippen LogP contribution is -2.37. The number of ether oxygens (including phenoxy) is 1. The summed E-state index contributed by atoms with van der Waals surface area (Å²) in [5.74, 6) is 0.0141. The van der Waals surface area contributed by atoms with Crippen molar-refractivity contribution in [3.63, 3.8) is 0 Å². The standard InChI is InChI=1S/C18H21BrN4O3S2/c1-2-11-7-13(27-9-11)16(24)26-14-8-22(10-19)18(25)23(14)17-21-20-15(28-17)12-5-3-4-6-12/h7,9,12,14H,2-6,8,10H2,1H3. The van der Waals surface area contributed by atoms with Crippen LogP contribution in [0.15, 0.2) is 11.4 Å². The highest BCUT2D eigenvalue weighted by molar-refractivity contribution is 9.09. The van der Waals surface area contributed by atoms with E-state index in [1.807, 2.05) is 18.4 Å². The van der Waals surface area contributed by atoms with Crippen molar-refractivity contribution in [3.05, 3.63) is 26.9 Å². The Morgan fingerprint density at radius 3 is 2.82 bits per heavy atom. The largest absolute Gasteiger partial charge is 0.435 e. The van der Waals surface area contributed by atoms with Crippen molar-refractivity contribution >= 4 is 55.7 Å². The fraction of sp³-hybridized carbons (Fsp3) is 0.556. The monoisotopic (exact) mass is 484 g/mol. The molecule has 3 heterocycles. The molecule has 1 saturated heterocycles. The lowest BCUT2D eigenvalue weighted by atomic mass is 10.1. The first-order valence-corrected chi connectivity index (χ1v) is 12.2. The number of anilines is 1. The Bertz CT molecular complexity index is 865.